The molecule has 0 aliphatic heterocycles. The maximum atomic E-state index is 6.03. The summed E-state index contributed by atoms with van der Waals surface area (Å²) in [6, 6.07) is 0. The molecule has 0 heterocycles. The topological polar surface area (TPSA) is 27.7 Å². The van der Waals surface area contributed by atoms with Crippen molar-refractivity contribution in [1.82, 2.24) is 0 Å². The third-order valence-corrected chi connectivity index (χ3v) is 7.42. The van der Waals surface area contributed by atoms with Gasteiger partial charge in [0.2, 0.25) is 0 Å². The van der Waals surface area contributed by atoms with Crippen molar-refractivity contribution in [3.63, 3.8) is 0 Å². The normalized spacial score (nSPS) is 27.4. The van der Waals surface area contributed by atoms with Gasteiger partial charge in [-0.1, -0.05) is 12.2 Å². The molecule has 0 aromatic heterocycles. The zero-order valence-electron chi connectivity index (χ0n) is 12.6. The summed E-state index contributed by atoms with van der Waals surface area (Å²) in [5.74, 6) is 0.917. The van der Waals surface area contributed by atoms with Crippen LogP contribution >= 0.6 is 0 Å². The Kier molecular flexibility index (Phi) is 7.00. The van der Waals surface area contributed by atoms with E-state index in [1.807, 2.05) is 32.9 Å². The summed E-state index contributed by atoms with van der Waals surface area (Å²) in [4.78, 5) is 0. The standard InChI is InChI=1S/C15H28O3Si/c1-6-13-11-14(7-2)15(12-13)19(16-8-3,17-9-4)18-10-5/h6-7,13-15H,1-2,8-12H2,3-5H3. The predicted octanol–water partition coefficient (Wildman–Crippen LogP) is 3.80. The van der Waals surface area contributed by atoms with Crippen LogP contribution in [0.4, 0.5) is 0 Å². The summed E-state index contributed by atoms with van der Waals surface area (Å²) in [6.45, 7) is 15.8. The lowest BCUT2D eigenvalue weighted by Crippen LogP contribution is -2.51. The lowest BCUT2D eigenvalue weighted by Gasteiger charge is -2.35. The van der Waals surface area contributed by atoms with Gasteiger partial charge in [0, 0.05) is 25.4 Å². The second-order valence-electron chi connectivity index (χ2n) is 4.88. The molecule has 0 radical (unpaired) electrons. The molecule has 0 N–H and O–H groups in total. The second kappa shape index (κ2) is 8.00. The number of hydrogen-bond acceptors (Lipinski definition) is 3. The molecule has 1 aliphatic carbocycles. The first-order valence-corrected chi connectivity index (χ1v) is 9.14. The van der Waals surface area contributed by atoms with E-state index in [1.165, 1.54) is 0 Å². The van der Waals surface area contributed by atoms with E-state index in [1.54, 1.807) is 0 Å². The highest BCUT2D eigenvalue weighted by molar-refractivity contribution is 6.62. The molecule has 3 nitrogen and oxygen atoms in total. The Hall–Kier alpha value is -0.423. The molecule has 1 saturated carbocycles. The molecule has 1 fully saturated rings. The molecular weight excluding hydrogens is 256 g/mol. The van der Waals surface area contributed by atoms with Crippen molar-refractivity contribution in [2.24, 2.45) is 11.8 Å². The van der Waals surface area contributed by atoms with Gasteiger partial charge in [0.05, 0.1) is 0 Å². The van der Waals surface area contributed by atoms with Crippen molar-refractivity contribution < 1.29 is 13.3 Å². The first-order valence-electron chi connectivity index (χ1n) is 7.34. The molecule has 0 spiro atoms. The minimum absolute atomic E-state index is 0.313. The summed E-state index contributed by atoms with van der Waals surface area (Å²) in [7, 11) is -2.62. The van der Waals surface area contributed by atoms with Crippen LogP contribution in [0.3, 0.4) is 0 Å². The van der Waals surface area contributed by atoms with Crippen LogP contribution < -0.4 is 0 Å². The molecule has 0 saturated heterocycles. The second-order valence-corrected chi connectivity index (χ2v) is 7.69. The predicted molar refractivity (Wildman–Crippen MR) is 81.0 cm³/mol. The van der Waals surface area contributed by atoms with E-state index < -0.39 is 8.80 Å². The summed E-state index contributed by atoms with van der Waals surface area (Å²) < 4.78 is 18.1. The third-order valence-electron chi connectivity index (χ3n) is 3.78. The Morgan fingerprint density at radius 3 is 1.84 bits per heavy atom. The zero-order valence-corrected chi connectivity index (χ0v) is 13.6. The van der Waals surface area contributed by atoms with Gasteiger partial charge in [-0.15, -0.1) is 13.2 Å². The van der Waals surface area contributed by atoms with Crippen LogP contribution in [0, 0.1) is 11.8 Å². The van der Waals surface area contributed by atoms with Gasteiger partial charge in [0.25, 0.3) is 0 Å². The molecule has 1 aliphatic rings. The average molecular weight is 284 g/mol. The first kappa shape index (κ1) is 16.6. The Morgan fingerprint density at radius 2 is 1.47 bits per heavy atom. The Bertz CT molecular complexity index is 276. The van der Waals surface area contributed by atoms with E-state index in [0.717, 1.165) is 12.8 Å². The molecule has 19 heavy (non-hydrogen) atoms. The van der Waals surface area contributed by atoms with E-state index in [4.69, 9.17) is 13.3 Å². The van der Waals surface area contributed by atoms with E-state index >= 15 is 0 Å². The van der Waals surface area contributed by atoms with Gasteiger partial charge in [-0.3, -0.25) is 0 Å². The molecule has 0 aromatic rings. The summed E-state index contributed by atoms with van der Waals surface area (Å²) in [6.07, 6.45) is 6.19. The van der Waals surface area contributed by atoms with Gasteiger partial charge in [0.15, 0.2) is 0 Å². The van der Waals surface area contributed by atoms with Gasteiger partial charge in [0.1, 0.15) is 0 Å². The van der Waals surface area contributed by atoms with Crippen LogP contribution in [0.2, 0.25) is 5.54 Å². The van der Waals surface area contributed by atoms with Crippen LogP contribution in [-0.2, 0) is 13.3 Å². The van der Waals surface area contributed by atoms with Gasteiger partial charge < -0.3 is 13.3 Å². The fraction of sp³-hybridized carbons (Fsp3) is 0.733. The van der Waals surface area contributed by atoms with Gasteiger partial charge in [-0.05, 0) is 45.4 Å². The van der Waals surface area contributed by atoms with Crippen molar-refractivity contribution in [1.29, 1.82) is 0 Å². The van der Waals surface area contributed by atoms with Crippen molar-refractivity contribution in [2.75, 3.05) is 19.8 Å². The summed E-state index contributed by atoms with van der Waals surface area (Å²) in [5, 5.41) is 0. The third kappa shape index (κ3) is 3.78. The van der Waals surface area contributed by atoms with E-state index in [0.29, 0.717) is 37.2 Å². The van der Waals surface area contributed by atoms with Crippen molar-refractivity contribution in [3.8, 4) is 0 Å². The van der Waals surface area contributed by atoms with Gasteiger partial charge in [-0.25, -0.2) is 0 Å². The zero-order chi connectivity index (χ0) is 14.3. The molecule has 110 valence electrons. The van der Waals surface area contributed by atoms with E-state index in [-0.39, 0.29) is 0 Å². The highest BCUT2D eigenvalue weighted by atomic mass is 28.4. The quantitative estimate of drug-likeness (QED) is 0.476. The average Bonchev–Trinajstić information content (AvgIpc) is 2.83. The van der Waals surface area contributed by atoms with Crippen LogP contribution in [0.5, 0.6) is 0 Å². The van der Waals surface area contributed by atoms with Crippen molar-refractivity contribution in [3.05, 3.63) is 25.3 Å². The summed E-state index contributed by atoms with van der Waals surface area (Å²) >= 11 is 0. The number of allylic oxidation sites excluding steroid dienone is 2. The lowest BCUT2D eigenvalue weighted by atomic mass is 10.1. The Labute approximate surface area is 119 Å². The maximum Gasteiger partial charge on any atom is 0.504 e. The largest absolute Gasteiger partial charge is 0.504 e. The van der Waals surface area contributed by atoms with E-state index in [2.05, 4.69) is 13.2 Å². The Morgan fingerprint density at radius 1 is 0.947 bits per heavy atom. The molecule has 0 aromatic carbocycles. The number of rotatable bonds is 9. The highest BCUT2D eigenvalue weighted by Gasteiger charge is 2.54. The van der Waals surface area contributed by atoms with E-state index in [9.17, 15) is 0 Å². The van der Waals surface area contributed by atoms with Crippen molar-refractivity contribution in [2.45, 2.75) is 39.2 Å². The highest BCUT2D eigenvalue weighted by Crippen LogP contribution is 2.48. The maximum absolute atomic E-state index is 6.03. The van der Waals surface area contributed by atoms with Gasteiger partial charge in [-0.2, -0.15) is 0 Å². The molecule has 3 unspecified atom stereocenters. The smallest absolute Gasteiger partial charge is 0.374 e. The molecule has 1 rings (SSSR count). The lowest BCUT2D eigenvalue weighted by molar-refractivity contribution is 0.0581. The minimum Gasteiger partial charge on any atom is -0.374 e. The fourth-order valence-electron chi connectivity index (χ4n) is 3.02. The molecule has 0 amide bonds. The Balaban J connectivity index is 2.99. The van der Waals surface area contributed by atoms with Gasteiger partial charge >= 0.3 is 8.80 Å². The SMILES string of the molecule is C=CC1CC(C=C)C([Si](OCC)(OCC)OCC)C1. The minimum atomic E-state index is -2.62. The molecule has 4 heteroatoms. The van der Waals surface area contributed by atoms with Crippen LogP contribution in [-0.4, -0.2) is 28.6 Å². The van der Waals surface area contributed by atoms with Crippen LogP contribution in [0.15, 0.2) is 25.3 Å². The van der Waals surface area contributed by atoms with Crippen LogP contribution in [0.1, 0.15) is 33.6 Å². The molecular formula is C15H28O3Si. The molecule has 3 atom stereocenters. The molecule has 0 bridgehead atoms. The first-order chi connectivity index (χ1) is 9.17. The number of hydrogen-bond donors (Lipinski definition) is 0. The van der Waals surface area contributed by atoms with Crippen molar-refractivity contribution >= 4 is 8.80 Å². The van der Waals surface area contributed by atoms with Crippen LogP contribution in [0.25, 0.3) is 0 Å². The summed E-state index contributed by atoms with van der Waals surface area (Å²) in [5.41, 5.74) is 0.313. The monoisotopic (exact) mass is 284 g/mol. The fourth-order valence-corrected chi connectivity index (χ4v) is 6.51.